The molecule has 0 saturated carbocycles. The third kappa shape index (κ3) is 2.19. The van der Waals surface area contributed by atoms with Crippen molar-refractivity contribution < 1.29 is 9.53 Å². The molecule has 2 fully saturated rings. The average molecular weight is 184 g/mol. The van der Waals surface area contributed by atoms with Gasteiger partial charge >= 0.3 is 5.97 Å². The second-order valence-corrected chi connectivity index (χ2v) is 3.67. The molecule has 0 aromatic heterocycles. The average Bonchev–Trinajstić information content (AvgIpc) is 2.19. The smallest absolute Gasteiger partial charge is 0.320 e. The number of hydrogen-bond donors (Lipinski definition) is 1. The van der Waals surface area contributed by atoms with E-state index in [1.165, 1.54) is 0 Å². The molecule has 0 amide bonds. The van der Waals surface area contributed by atoms with Crippen molar-refractivity contribution in [1.82, 2.24) is 10.2 Å². The van der Waals surface area contributed by atoms with Gasteiger partial charge in [0.05, 0.1) is 6.54 Å². The Morgan fingerprint density at radius 3 is 2.85 bits per heavy atom. The molecular formula is C9H16N2O2. The van der Waals surface area contributed by atoms with E-state index in [0.717, 1.165) is 32.5 Å². The zero-order valence-corrected chi connectivity index (χ0v) is 7.79. The highest BCUT2D eigenvalue weighted by molar-refractivity contribution is 5.72. The van der Waals surface area contributed by atoms with Gasteiger partial charge in [-0.25, -0.2) is 0 Å². The number of hydrogen-bond acceptors (Lipinski definition) is 4. The highest BCUT2D eigenvalue weighted by atomic mass is 16.5. The van der Waals surface area contributed by atoms with E-state index in [4.69, 9.17) is 4.74 Å². The Hall–Kier alpha value is -0.610. The normalized spacial score (nSPS) is 27.2. The predicted octanol–water partition coefficient (Wildman–Crippen LogP) is -0.403. The molecule has 2 rings (SSSR count). The molecule has 13 heavy (non-hydrogen) atoms. The largest absolute Gasteiger partial charge is 0.463 e. The second kappa shape index (κ2) is 4.07. The van der Waals surface area contributed by atoms with Crippen LogP contribution < -0.4 is 5.32 Å². The van der Waals surface area contributed by atoms with Crippen LogP contribution in [0.25, 0.3) is 0 Å². The van der Waals surface area contributed by atoms with Gasteiger partial charge < -0.3 is 10.1 Å². The highest BCUT2D eigenvalue weighted by Crippen LogP contribution is 2.13. The molecule has 0 spiro atoms. The van der Waals surface area contributed by atoms with Crippen LogP contribution in [0.5, 0.6) is 0 Å². The Balaban J connectivity index is 1.87. The first-order valence-corrected chi connectivity index (χ1v) is 4.96. The lowest BCUT2D eigenvalue weighted by Gasteiger charge is -2.35. The summed E-state index contributed by atoms with van der Waals surface area (Å²) in [6.07, 6.45) is 2.32. The first-order chi connectivity index (χ1) is 6.36. The monoisotopic (exact) mass is 184 g/mol. The fourth-order valence-electron chi connectivity index (χ4n) is 2.05. The molecule has 0 bridgehead atoms. The van der Waals surface area contributed by atoms with Gasteiger partial charge in [0.15, 0.2) is 0 Å². The number of esters is 1. The number of nitrogens with zero attached hydrogens (tertiary/aromatic N) is 1. The van der Waals surface area contributed by atoms with Crippen LogP contribution in [0.4, 0.5) is 0 Å². The van der Waals surface area contributed by atoms with E-state index in [-0.39, 0.29) is 5.97 Å². The maximum atomic E-state index is 11.0. The number of piperidine rings is 1. The number of morpholine rings is 1. The lowest BCUT2D eigenvalue weighted by atomic mass is 10.0. The number of rotatable bonds is 1. The molecule has 0 aliphatic carbocycles. The molecule has 0 aromatic carbocycles. The lowest BCUT2D eigenvalue weighted by molar-refractivity contribution is -0.152. The molecule has 1 N–H and O–H groups in total. The minimum Gasteiger partial charge on any atom is -0.463 e. The first-order valence-electron chi connectivity index (χ1n) is 4.96. The zero-order valence-electron chi connectivity index (χ0n) is 7.79. The molecule has 0 aromatic rings. The van der Waals surface area contributed by atoms with E-state index in [1.54, 1.807) is 0 Å². The van der Waals surface area contributed by atoms with E-state index in [1.807, 2.05) is 0 Å². The summed E-state index contributed by atoms with van der Waals surface area (Å²) in [6, 6.07) is 0.592. The molecule has 2 saturated heterocycles. The van der Waals surface area contributed by atoms with Crippen LogP contribution in [-0.4, -0.2) is 49.7 Å². The van der Waals surface area contributed by atoms with Crippen molar-refractivity contribution in [2.24, 2.45) is 0 Å². The molecule has 4 nitrogen and oxygen atoms in total. The Morgan fingerprint density at radius 2 is 2.15 bits per heavy atom. The fourth-order valence-corrected chi connectivity index (χ4v) is 2.05. The summed E-state index contributed by atoms with van der Waals surface area (Å²) < 4.78 is 4.90. The van der Waals surface area contributed by atoms with Crippen LogP contribution >= 0.6 is 0 Å². The summed E-state index contributed by atoms with van der Waals surface area (Å²) in [5, 5.41) is 3.32. The summed E-state index contributed by atoms with van der Waals surface area (Å²) in [5.41, 5.74) is 0. The molecule has 4 heteroatoms. The van der Waals surface area contributed by atoms with Crippen molar-refractivity contribution in [2.75, 3.05) is 32.8 Å². The van der Waals surface area contributed by atoms with Gasteiger partial charge in [0, 0.05) is 12.6 Å². The van der Waals surface area contributed by atoms with Crippen LogP contribution in [0.2, 0.25) is 0 Å². The van der Waals surface area contributed by atoms with Crippen molar-refractivity contribution in [3.05, 3.63) is 0 Å². The fraction of sp³-hybridized carbons (Fsp3) is 0.889. The summed E-state index contributed by atoms with van der Waals surface area (Å²) >= 11 is 0. The molecule has 0 unspecified atom stereocenters. The van der Waals surface area contributed by atoms with E-state index >= 15 is 0 Å². The molecule has 74 valence electrons. The highest BCUT2D eigenvalue weighted by Gasteiger charge is 2.26. The van der Waals surface area contributed by atoms with Crippen molar-refractivity contribution >= 4 is 5.97 Å². The summed E-state index contributed by atoms with van der Waals surface area (Å²) in [6.45, 7) is 4.14. The lowest BCUT2D eigenvalue weighted by Crippen LogP contribution is -2.49. The van der Waals surface area contributed by atoms with Crippen molar-refractivity contribution in [3.8, 4) is 0 Å². The standard InChI is InChI=1S/C9H16N2O2/c12-9-7-11(5-6-13-9)8-1-3-10-4-2-8/h8,10H,1-7H2. The molecular weight excluding hydrogens is 168 g/mol. The molecule has 2 heterocycles. The van der Waals surface area contributed by atoms with Gasteiger partial charge in [-0.15, -0.1) is 0 Å². The van der Waals surface area contributed by atoms with Crippen LogP contribution in [0.1, 0.15) is 12.8 Å². The van der Waals surface area contributed by atoms with Crippen LogP contribution in [0, 0.1) is 0 Å². The zero-order chi connectivity index (χ0) is 9.10. The topological polar surface area (TPSA) is 41.6 Å². The first kappa shape index (κ1) is 8.97. The molecule has 2 aliphatic heterocycles. The number of ether oxygens (including phenoxy) is 1. The maximum Gasteiger partial charge on any atom is 0.320 e. The van der Waals surface area contributed by atoms with Gasteiger partial charge in [0.25, 0.3) is 0 Å². The minimum atomic E-state index is -0.0650. The Labute approximate surface area is 78.2 Å². The summed E-state index contributed by atoms with van der Waals surface area (Å²) in [4.78, 5) is 13.3. The van der Waals surface area contributed by atoms with E-state index in [2.05, 4.69) is 10.2 Å². The van der Waals surface area contributed by atoms with Crippen molar-refractivity contribution in [3.63, 3.8) is 0 Å². The van der Waals surface area contributed by atoms with E-state index in [0.29, 0.717) is 19.2 Å². The number of cyclic esters (lactones) is 1. The quantitative estimate of drug-likeness (QED) is 0.563. The van der Waals surface area contributed by atoms with Crippen LogP contribution in [0.3, 0.4) is 0 Å². The number of nitrogens with one attached hydrogen (secondary N) is 1. The van der Waals surface area contributed by atoms with Crippen LogP contribution in [-0.2, 0) is 9.53 Å². The van der Waals surface area contributed by atoms with Gasteiger partial charge in [-0.3, -0.25) is 9.69 Å². The Bertz CT molecular complexity index is 190. The SMILES string of the molecule is O=C1CN(C2CCNCC2)CCO1. The Morgan fingerprint density at radius 1 is 1.38 bits per heavy atom. The summed E-state index contributed by atoms with van der Waals surface area (Å²) in [5.74, 6) is -0.0650. The van der Waals surface area contributed by atoms with Crippen molar-refractivity contribution in [2.45, 2.75) is 18.9 Å². The van der Waals surface area contributed by atoms with Gasteiger partial charge in [-0.2, -0.15) is 0 Å². The van der Waals surface area contributed by atoms with Gasteiger partial charge in [0.1, 0.15) is 6.61 Å². The van der Waals surface area contributed by atoms with Crippen LogP contribution in [0.15, 0.2) is 0 Å². The van der Waals surface area contributed by atoms with Gasteiger partial charge in [0.2, 0.25) is 0 Å². The van der Waals surface area contributed by atoms with E-state index < -0.39 is 0 Å². The number of carbonyl (C=O) groups is 1. The summed E-state index contributed by atoms with van der Waals surface area (Å²) in [7, 11) is 0. The Kier molecular flexibility index (Phi) is 2.80. The minimum absolute atomic E-state index is 0.0650. The number of carbonyl (C=O) groups excluding carboxylic acids is 1. The molecule has 0 radical (unpaired) electrons. The predicted molar refractivity (Wildman–Crippen MR) is 48.4 cm³/mol. The van der Waals surface area contributed by atoms with Gasteiger partial charge in [-0.1, -0.05) is 0 Å². The molecule has 0 atom stereocenters. The van der Waals surface area contributed by atoms with E-state index in [9.17, 15) is 4.79 Å². The van der Waals surface area contributed by atoms with Crippen molar-refractivity contribution in [1.29, 1.82) is 0 Å². The third-order valence-corrected chi connectivity index (χ3v) is 2.80. The maximum absolute atomic E-state index is 11.0. The third-order valence-electron chi connectivity index (χ3n) is 2.80. The molecule has 2 aliphatic rings. The second-order valence-electron chi connectivity index (χ2n) is 3.67. The van der Waals surface area contributed by atoms with Gasteiger partial charge in [-0.05, 0) is 25.9 Å².